The second kappa shape index (κ2) is 16.3. The molecule has 6 rings (SSSR count). The summed E-state index contributed by atoms with van der Waals surface area (Å²) in [5.74, 6) is 0.518. The number of benzene rings is 3. The van der Waals surface area contributed by atoms with Crippen LogP contribution in [0.15, 0.2) is 92.0 Å². The second-order valence-corrected chi connectivity index (χ2v) is 13.7. The first-order valence-corrected chi connectivity index (χ1v) is 18.1. The molecule has 5 aromatic rings. The molecule has 7 heteroatoms. The molecule has 0 unspecified atom stereocenters. The molecule has 2 aromatic heterocycles. The molecular formula is C44H50N4O3. The second-order valence-electron chi connectivity index (χ2n) is 13.7. The van der Waals surface area contributed by atoms with E-state index >= 15 is 0 Å². The summed E-state index contributed by atoms with van der Waals surface area (Å²) in [6, 6.07) is 21.2. The molecule has 0 bridgehead atoms. The number of anilines is 1. The maximum Gasteiger partial charge on any atom is 0.164 e. The number of hydrogen-bond donors (Lipinski definition) is 2. The first kappa shape index (κ1) is 35.7. The van der Waals surface area contributed by atoms with Gasteiger partial charge in [0.05, 0.1) is 6.61 Å². The van der Waals surface area contributed by atoms with Crippen molar-refractivity contribution >= 4 is 11.8 Å². The molecule has 0 aliphatic carbocycles. The third kappa shape index (κ3) is 8.43. The Kier molecular flexibility index (Phi) is 11.4. The van der Waals surface area contributed by atoms with Gasteiger partial charge < -0.3 is 19.8 Å². The molecule has 51 heavy (non-hydrogen) atoms. The van der Waals surface area contributed by atoms with Gasteiger partial charge in [-0.2, -0.15) is 0 Å². The van der Waals surface area contributed by atoms with E-state index in [0.29, 0.717) is 24.8 Å². The molecule has 3 heterocycles. The zero-order chi connectivity index (χ0) is 35.9. The van der Waals surface area contributed by atoms with Gasteiger partial charge in [-0.1, -0.05) is 38.1 Å². The first-order chi connectivity index (χ1) is 24.8. The van der Waals surface area contributed by atoms with Gasteiger partial charge in [0, 0.05) is 79.4 Å². The number of phenolic OH excluding ortho intramolecular Hbond substituents is 2. The molecule has 264 valence electrons. The Labute approximate surface area is 302 Å². The monoisotopic (exact) mass is 682 g/mol. The van der Waals surface area contributed by atoms with Crippen molar-refractivity contribution in [1.29, 1.82) is 0 Å². The summed E-state index contributed by atoms with van der Waals surface area (Å²) < 4.78 is 5.76. The first-order valence-electron chi connectivity index (χ1n) is 18.1. The fourth-order valence-corrected chi connectivity index (χ4v) is 7.23. The third-order valence-corrected chi connectivity index (χ3v) is 10.1. The van der Waals surface area contributed by atoms with Crippen LogP contribution in [-0.2, 0) is 19.5 Å². The zero-order valence-corrected chi connectivity index (χ0v) is 30.4. The topological polar surface area (TPSA) is 82.0 Å². The number of aromatic nitrogens is 2. The summed E-state index contributed by atoms with van der Waals surface area (Å²) in [6.45, 7) is 16.6. The fourth-order valence-electron chi connectivity index (χ4n) is 7.23. The highest BCUT2D eigenvalue weighted by Gasteiger charge is 2.26. The predicted molar refractivity (Wildman–Crippen MR) is 208 cm³/mol. The highest BCUT2D eigenvalue weighted by Crippen LogP contribution is 2.36. The van der Waals surface area contributed by atoms with Crippen LogP contribution in [0.3, 0.4) is 0 Å². The molecule has 7 nitrogen and oxygen atoms in total. The van der Waals surface area contributed by atoms with Gasteiger partial charge in [0.25, 0.3) is 0 Å². The van der Waals surface area contributed by atoms with E-state index in [2.05, 4.69) is 83.5 Å². The maximum atomic E-state index is 10.4. The normalized spacial score (nSPS) is 13.6. The number of aryl methyl sites for hydroxylation is 2. The van der Waals surface area contributed by atoms with E-state index in [4.69, 9.17) is 4.74 Å². The number of pyridine rings is 2. The lowest BCUT2D eigenvalue weighted by Gasteiger charge is -2.40. The molecule has 1 fully saturated rings. The lowest BCUT2D eigenvalue weighted by atomic mass is 9.94. The molecule has 0 radical (unpaired) electrons. The Morgan fingerprint density at radius 3 is 2.18 bits per heavy atom. The number of phenols is 2. The predicted octanol–water partition coefficient (Wildman–Crippen LogP) is 9.50. The minimum absolute atomic E-state index is 0.169. The smallest absolute Gasteiger partial charge is 0.164 e. The van der Waals surface area contributed by atoms with Gasteiger partial charge in [-0.15, -0.1) is 0 Å². The molecule has 0 amide bonds. The molecule has 1 saturated heterocycles. The lowest BCUT2D eigenvalue weighted by molar-refractivity contribution is 0.200. The fraction of sp³-hybridized carbons (Fsp3) is 0.318. The number of piperidine rings is 1. The van der Waals surface area contributed by atoms with Crippen LogP contribution in [-0.4, -0.2) is 50.8 Å². The van der Waals surface area contributed by atoms with Crippen LogP contribution >= 0.6 is 0 Å². The minimum atomic E-state index is -0.176. The van der Waals surface area contributed by atoms with Crippen molar-refractivity contribution in [2.45, 2.75) is 72.5 Å². The van der Waals surface area contributed by atoms with Crippen molar-refractivity contribution in [2.75, 3.05) is 24.6 Å². The van der Waals surface area contributed by atoms with Gasteiger partial charge in [0.15, 0.2) is 11.5 Å². The standard InChI is InChI=1S/C44H50N4O3/c1-6-9-35-22-36(18-30(4)31(35)5)38-19-32(24-45-26-38)28-47-16-14-41(15-17-47)48(40-10-12-42(13-11-40)51-8-3)29-33-20-39(27-46-25-33)37-21-34(7-2)44(50)43(49)23-37/h7,10-13,18-27,41,49-50H,2,6,8-9,14-17,28-29H2,1,3-5H3. The Balaban J connectivity index is 1.19. The van der Waals surface area contributed by atoms with E-state index in [1.165, 1.54) is 39.5 Å². The average molecular weight is 683 g/mol. The van der Waals surface area contributed by atoms with Gasteiger partial charge >= 0.3 is 0 Å². The van der Waals surface area contributed by atoms with Crippen molar-refractivity contribution in [1.82, 2.24) is 14.9 Å². The quantitative estimate of drug-likeness (QED) is 0.120. The van der Waals surface area contributed by atoms with Crippen molar-refractivity contribution in [3.8, 4) is 39.5 Å². The summed E-state index contributed by atoms with van der Waals surface area (Å²) in [4.78, 5) is 14.3. The van der Waals surface area contributed by atoms with Gasteiger partial charge in [0.2, 0.25) is 0 Å². The summed E-state index contributed by atoms with van der Waals surface area (Å²) in [6.07, 6.45) is 13.5. The molecule has 2 N–H and O–H groups in total. The largest absolute Gasteiger partial charge is 0.504 e. The highest BCUT2D eigenvalue weighted by atomic mass is 16.5. The van der Waals surface area contributed by atoms with E-state index in [1.807, 2.05) is 43.7 Å². The highest BCUT2D eigenvalue weighted by molar-refractivity contribution is 5.73. The van der Waals surface area contributed by atoms with Crippen LogP contribution in [0.5, 0.6) is 17.2 Å². The SMILES string of the molecule is C=Cc1cc(-c2cncc(CN(c3ccc(OCC)cc3)C3CCN(Cc4cncc(-c5cc(C)c(C)c(CCC)c5)c4)CC3)c2)cc(O)c1O. The summed E-state index contributed by atoms with van der Waals surface area (Å²) >= 11 is 0. The summed E-state index contributed by atoms with van der Waals surface area (Å²) in [5, 5.41) is 20.6. The van der Waals surface area contributed by atoms with Crippen LogP contribution < -0.4 is 9.64 Å². The van der Waals surface area contributed by atoms with Crippen molar-refractivity contribution < 1.29 is 14.9 Å². The van der Waals surface area contributed by atoms with Crippen molar-refractivity contribution in [2.24, 2.45) is 0 Å². The van der Waals surface area contributed by atoms with Crippen molar-refractivity contribution in [3.63, 3.8) is 0 Å². The van der Waals surface area contributed by atoms with Gasteiger partial charge in [-0.05, 0) is 128 Å². The molecule has 3 aromatic carbocycles. The number of rotatable bonds is 13. The van der Waals surface area contributed by atoms with Crippen LogP contribution in [0.4, 0.5) is 5.69 Å². The average Bonchev–Trinajstić information content (AvgIpc) is 3.15. The maximum absolute atomic E-state index is 10.4. The number of hydrogen-bond acceptors (Lipinski definition) is 7. The summed E-state index contributed by atoms with van der Waals surface area (Å²) in [7, 11) is 0. The van der Waals surface area contributed by atoms with E-state index in [0.717, 1.165) is 73.4 Å². The van der Waals surface area contributed by atoms with Crippen LogP contribution in [0.2, 0.25) is 0 Å². The zero-order valence-electron chi connectivity index (χ0n) is 30.4. The minimum Gasteiger partial charge on any atom is -0.504 e. The van der Waals surface area contributed by atoms with Crippen molar-refractivity contribution in [3.05, 3.63) is 125 Å². The van der Waals surface area contributed by atoms with Crippen LogP contribution in [0.1, 0.15) is 66.5 Å². The molecule has 0 atom stereocenters. The Morgan fingerprint density at radius 1 is 0.843 bits per heavy atom. The number of likely N-dealkylation sites (tertiary alicyclic amines) is 1. The van der Waals surface area contributed by atoms with E-state index < -0.39 is 0 Å². The molecule has 0 saturated carbocycles. The lowest BCUT2D eigenvalue weighted by Crippen LogP contribution is -2.44. The van der Waals surface area contributed by atoms with E-state index in [-0.39, 0.29) is 11.5 Å². The van der Waals surface area contributed by atoms with E-state index in [9.17, 15) is 10.2 Å². The Bertz CT molecular complexity index is 1960. The third-order valence-electron chi connectivity index (χ3n) is 10.1. The summed E-state index contributed by atoms with van der Waals surface area (Å²) in [5.41, 5.74) is 12.2. The Hall–Kier alpha value is -5.14. The molecule has 0 spiro atoms. The van der Waals surface area contributed by atoms with Crippen LogP contribution in [0, 0.1) is 13.8 Å². The van der Waals surface area contributed by atoms with Gasteiger partial charge in [-0.25, -0.2) is 0 Å². The molecular weight excluding hydrogens is 633 g/mol. The van der Waals surface area contributed by atoms with Gasteiger partial charge in [0.1, 0.15) is 5.75 Å². The number of ether oxygens (including phenoxy) is 1. The number of nitrogens with zero attached hydrogens (tertiary/aromatic N) is 4. The number of aromatic hydroxyl groups is 2. The van der Waals surface area contributed by atoms with E-state index in [1.54, 1.807) is 12.3 Å². The van der Waals surface area contributed by atoms with Gasteiger partial charge in [-0.3, -0.25) is 14.9 Å². The molecule has 1 aliphatic heterocycles. The van der Waals surface area contributed by atoms with Crippen LogP contribution in [0.25, 0.3) is 28.3 Å². The Morgan fingerprint density at radius 2 is 1.51 bits per heavy atom. The molecule has 1 aliphatic rings.